The van der Waals surface area contributed by atoms with Crippen LogP contribution >= 0.6 is 23.1 Å². The molecular formula is C10H11NO3S2. The molecule has 0 atom stereocenters. The molecule has 1 rings (SSSR count). The fourth-order valence-corrected chi connectivity index (χ4v) is 3.05. The second-order valence-electron chi connectivity index (χ2n) is 3.06. The van der Waals surface area contributed by atoms with Crippen LogP contribution in [0.3, 0.4) is 0 Å². The van der Waals surface area contributed by atoms with E-state index in [4.69, 9.17) is 0 Å². The van der Waals surface area contributed by atoms with Crippen LogP contribution in [0.4, 0.5) is 5.00 Å². The zero-order valence-electron chi connectivity index (χ0n) is 9.14. The lowest BCUT2D eigenvalue weighted by atomic mass is 10.4. The number of thioether (sulfide) groups is 1. The van der Waals surface area contributed by atoms with Crippen molar-refractivity contribution < 1.29 is 14.4 Å². The summed E-state index contributed by atoms with van der Waals surface area (Å²) in [7, 11) is 0. The summed E-state index contributed by atoms with van der Waals surface area (Å²) in [5, 5.41) is 2.19. The number of carbonyl (C=O) groups is 3. The Balaban J connectivity index is 3.10. The Kier molecular flexibility index (Phi) is 4.26. The van der Waals surface area contributed by atoms with Crippen molar-refractivity contribution >= 4 is 45.0 Å². The van der Waals surface area contributed by atoms with E-state index in [9.17, 15) is 14.4 Å². The van der Waals surface area contributed by atoms with Gasteiger partial charge in [0.25, 0.3) is 0 Å². The van der Waals surface area contributed by atoms with Crippen LogP contribution in [0, 0.1) is 0 Å². The number of carbonyl (C=O) groups excluding carboxylic acids is 3. The highest BCUT2D eigenvalue weighted by molar-refractivity contribution is 8.13. The molecule has 0 radical (unpaired) electrons. The van der Waals surface area contributed by atoms with Gasteiger partial charge in [-0.15, -0.1) is 11.3 Å². The maximum atomic E-state index is 11.3. The third-order valence-electron chi connectivity index (χ3n) is 1.70. The van der Waals surface area contributed by atoms with Crippen molar-refractivity contribution in [2.24, 2.45) is 0 Å². The summed E-state index contributed by atoms with van der Waals surface area (Å²) in [6.45, 7) is 4.09. The van der Waals surface area contributed by atoms with E-state index in [2.05, 4.69) is 0 Å². The molecule has 0 unspecified atom stereocenters. The molecule has 86 valence electrons. The molecule has 1 aromatic heterocycles. The molecule has 0 N–H and O–H groups in total. The fourth-order valence-electron chi connectivity index (χ4n) is 1.19. The van der Waals surface area contributed by atoms with Crippen LogP contribution in [-0.2, 0) is 14.4 Å². The highest BCUT2D eigenvalue weighted by Gasteiger charge is 2.21. The standard InChI is InChI=1S/C10H11NO3S2/c1-6(12)11(7(2)13)10-9(4-5-15-10)16-8(3)14/h4-5H,1-3H3. The molecule has 0 aliphatic rings. The van der Waals surface area contributed by atoms with Gasteiger partial charge in [0.1, 0.15) is 5.00 Å². The molecule has 1 heterocycles. The first-order valence-electron chi connectivity index (χ1n) is 4.50. The minimum absolute atomic E-state index is 0.0771. The smallest absolute Gasteiger partial charge is 0.231 e. The van der Waals surface area contributed by atoms with E-state index in [1.165, 1.54) is 32.1 Å². The lowest BCUT2D eigenvalue weighted by molar-refractivity contribution is -0.124. The van der Waals surface area contributed by atoms with Gasteiger partial charge in [0.05, 0.1) is 4.90 Å². The van der Waals surface area contributed by atoms with E-state index in [0.29, 0.717) is 9.90 Å². The number of anilines is 1. The predicted molar refractivity (Wildman–Crippen MR) is 64.7 cm³/mol. The predicted octanol–water partition coefficient (Wildman–Crippen LogP) is 2.29. The highest BCUT2D eigenvalue weighted by Crippen LogP contribution is 2.36. The summed E-state index contributed by atoms with van der Waals surface area (Å²) in [6.07, 6.45) is 0. The number of hydrogen-bond acceptors (Lipinski definition) is 5. The fraction of sp³-hybridized carbons (Fsp3) is 0.300. The molecule has 16 heavy (non-hydrogen) atoms. The summed E-state index contributed by atoms with van der Waals surface area (Å²) >= 11 is 2.29. The van der Waals surface area contributed by atoms with Crippen LogP contribution in [0.15, 0.2) is 16.3 Å². The molecule has 4 nitrogen and oxygen atoms in total. The molecule has 0 spiro atoms. The van der Waals surface area contributed by atoms with E-state index >= 15 is 0 Å². The second kappa shape index (κ2) is 5.27. The first-order valence-corrected chi connectivity index (χ1v) is 6.20. The second-order valence-corrected chi connectivity index (χ2v) is 5.17. The lowest BCUT2D eigenvalue weighted by Crippen LogP contribution is -2.32. The van der Waals surface area contributed by atoms with Gasteiger partial charge in [0, 0.05) is 20.8 Å². The molecule has 0 saturated heterocycles. The normalized spacial score (nSPS) is 9.94. The SMILES string of the molecule is CC(=O)Sc1ccsc1N(C(C)=O)C(C)=O. The van der Waals surface area contributed by atoms with E-state index in [-0.39, 0.29) is 16.9 Å². The Bertz CT molecular complexity index is 425. The number of thiophene rings is 1. The van der Waals surface area contributed by atoms with Gasteiger partial charge in [-0.1, -0.05) is 0 Å². The lowest BCUT2D eigenvalue weighted by Gasteiger charge is -2.16. The molecule has 1 aromatic rings. The van der Waals surface area contributed by atoms with Gasteiger partial charge < -0.3 is 0 Å². The van der Waals surface area contributed by atoms with Crippen molar-refractivity contribution in [1.82, 2.24) is 0 Å². The van der Waals surface area contributed by atoms with Crippen molar-refractivity contribution in [2.75, 3.05) is 4.90 Å². The Morgan fingerprint density at radius 1 is 1.19 bits per heavy atom. The van der Waals surface area contributed by atoms with Crippen LogP contribution in [-0.4, -0.2) is 16.9 Å². The molecule has 0 aliphatic carbocycles. The van der Waals surface area contributed by atoms with Crippen LogP contribution in [0.25, 0.3) is 0 Å². The van der Waals surface area contributed by atoms with Crippen molar-refractivity contribution in [3.8, 4) is 0 Å². The molecule has 0 aliphatic heterocycles. The maximum absolute atomic E-state index is 11.3. The molecule has 0 fully saturated rings. The number of hydrogen-bond donors (Lipinski definition) is 0. The average molecular weight is 257 g/mol. The zero-order chi connectivity index (χ0) is 12.3. The largest absolute Gasteiger partial charge is 0.287 e. The van der Waals surface area contributed by atoms with E-state index in [1.54, 1.807) is 11.4 Å². The van der Waals surface area contributed by atoms with Gasteiger partial charge in [-0.2, -0.15) is 0 Å². The summed E-state index contributed by atoms with van der Waals surface area (Å²) < 4.78 is 0. The molecule has 6 heteroatoms. The Hall–Kier alpha value is -1.14. The zero-order valence-corrected chi connectivity index (χ0v) is 10.8. The van der Waals surface area contributed by atoms with Crippen LogP contribution in [0.1, 0.15) is 20.8 Å². The van der Waals surface area contributed by atoms with Crippen molar-refractivity contribution in [3.05, 3.63) is 11.4 Å². The number of rotatable bonds is 2. The first-order chi connectivity index (χ1) is 7.43. The first kappa shape index (κ1) is 12.9. The summed E-state index contributed by atoms with van der Waals surface area (Å²) in [5.74, 6) is -0.694. The Morgan fingerprint density at radius 2 is 1.75 bits per heavy atom. The Morgan fingerprint density at radius 3 is 2.19 bits per heavy atom. The number of imide groups is 1. The van der Waals surface area contributed by atoms with E-state index in [1.807, 2.05) is 0 Å². The molecule has 2 amide bonds. The molecule has 0 saturated carbocycles. The van der Waals surface area contributed by atoms with Gasteiger partial charge >= 0.3 is 0 Å². The number of nitrogens with zero attached hydrogens (tertiary/aromatic N) is 1. The number of amides is 2. The van der Waals surface area contributed by atoms with Gasteiger partial charge in [-0.25, -0.2) is 4.90 Å². The van der Waals surface area contributed by atoms with Crippen LogP contribution in [0.2, 0.25) is 0 Å². The van der Waals surface area contributed by atoms with Crippen molar-refractivity contribution in [2.45, 2.75) is 25.7 Å². The van der Waals surface area contributed by atoms with Crippen molar-refractivity contribution in [3.63, 3.8) is 0 Å². The quantitative estimate of drug-likeness (QED) is 0.763. The average Bonchev–Trinajstić information content (AvgIpc) is 2.50. The molecule has 0 aromatic carbocycles. The third kappa shape index (κ3) is 2.93. The van der Waals surface area contributed by atoms with Crippen molar-refractivity contribution in [1.29, 1.82) is 0 Å². The molecular weight excluding hydrogens is 246 g/mol. The van der Waals surface area contributed by atoms with Gasteiger partial charge in [-0.05, 0) is 23.2 Å². The minimum Gasteiger partial charge on any atom is -0.287 e. The van der Waals surface area contributed by atoms with Crippen LogP contribution in [0.5, 0.6) is 0 Å². The van der Waals surface area contributed by atoms with Gasteiger partial charge in [0.2, 0.25) is 11.8 Å². The minimum atomic E-state index is -0.347. The Labute approximate surface area is 102 Å². The maximum Gasteiger partial charge on any atom is 0.231 e. The van der Waals surface area contributed by atoms with E-state index < -0.39 is 0 Å². The topological polar surface area (TPSA) is 54.5 Å². The highest BCUT2D eigenvalue weighted by atomic mass is 32.2. The summed E-state index contributed by atoms with van der Waals surface area (Å²) in [6, 6.07) is 1.73. The van der Waals surface area contributed by atoms with Gasteiger partial charge in [-0.3, -0.25) is 14.4 Å². The summed E-state index contributed by atoms with van der Waals surface area (Å²) in [5.41, 5.74) is 0. The van der Waals surface area contributed by atoms with E-state index in [0.717, 1.165) is 16.7 Å². The van der Waals surface area contributed by atoms with Crippen LogP contribution < -0.4 is 4.90 Å². The third-order valence-corrected chi connectivity index (χ3v) is 3.56. The monoisotopic (exact) mass is 257 g/mol. The van der Waals surface area contributed by atoms with Gasteiger partial charge in [0.15, 0.2) is 5.12 Å². The summed E-state index contributed by atoms with van der Waals surface area (Å²) in [4.78, 5) is 35.4. The molecule has 0 bridgehead atoms.